The van der Waals surface area contributed by atoms with Crippen molar-refractivity contribution < 1.29 is 0 Å². The predicted octanol–water partition coefficient (Wildman–Crippen LogP) is 2.92. The topological polar surface area (TPSA) is 56.7 Å². The quantitative estimate of drug-likeness (QED) is 0.722. The third-order valence-corrected chi connectivity index (χ3v) is 4.12. The van der Waals surface area contributed by atoms with Crippen LogP contribution in [-0.2, 0) is 13.0 Å². The zero-order valence-electron chi connectivity index (χ0n) is 9.51. The van der Waals surface area contributed by atoms with Crippen LogP contribution < -0.4 is 5.73 Å². The molecule has 0 aliphatic carbocycles. The predicted molar refractivity (Wildman–Crippen MR) is 82.7 cm³/mol. The van der Waals surface area contributed by atoms with Gasteiger partial charge in [0.15, 0.2) is 0 Å². The zero-order valence-corrected chi connectivity index (χ0v) is 12.5. The van der Waals surface area contributed by atoms with Gasteiger partial charge in [0, 0.05) is 21.9 Å². The second kappa shape index (κ2) is 4.85. The molecule has 0 aliphatic rings. The van der Waals surface area contributed by atoms with Crippen molar-refractivity contribution in [3.05, 3.63) is 38.4 Å². The molecule has 2 heterocycles. The molecular formula is C12H11IN4S. The molecular weight excluding hydrogens is 359 g/mol. The summed E-state index contributed by atoms with van der Waals surface area (Å²) in [4.78, 5) is 8.67. The summed E-state index contributed by atoms with van der Waals surface area (Å²) in [6.07, 6.45) is 0.880. The molecule has 3 rings (SSSR count). The maximum atomic E-state index is 5.97. The Balaban J connectivity index is 1.93. The van der Waals surface area contributed by atoms with Gasteiger partial charge in [0.25, 0.3) is 0 Å². The van der Waals surface area contributed by atoms with Crippen molar-refractivity contribution in [1.29, 1.82) is 0 Å². The van der Waals surface area contributed by atoms with Gasteiger partial charge in [0.2, 0.25) is 5.95 Å². The molecule has 1 aromatic carbocycles. The lowest BCUT2D eigenvalue weighted by Gasteiger charge is -2.04. The number of imidazole rings is 1. The summed E-state index contributed by atoms with van der Waals surface area (Å²) in [6, 6.07) is 6.19. The van der Waals surface area contributed by atoms with Crippen LogP contribution in [0, 0.1) is 3.57 Å². The molecule has 92 valence electrons. The number of benzene rings is 1. The lowest BCUT2D eigenvalue weighted by atomic mass is 10.3. The summed E-state index contributed by atoms with van der Waals surface area (Å²) in [5, 5.41) is 2.07. The summed E-state index contributed by atoms with van der Waals surface area (Å²) in [6.45, 7) is 0.812. The standard InChI is InChI=1S/C12H11IN4S/c13-8-1-2-11-10(5-8)16-12(14)17(11)4-3-9-6-18-7-15-9/h1-2,5-7H,3-4H2,(H2,14,16). The lowest BCUT2D eigenvalue weighted by Crippen LogP contribution is -2.05. The van der Waals surface area contributed by atoms with Crippen molar-refractivity contribution >= 4 is 50.9 Å². The number of nitrogens with zero attached hydrogens (tertiary/aromatic N) is 3. The average molecular weight is 370 g/mol. The summed E-state index contributed by atoms with van der Waals surface area (Å²) in [7, 11) is 0. The molecule has 0 saturated heterocycles. The number of nitrogen functional groups attached to an aromatic ring is 1. The fourth-order valence-corrected chi connectivity index (χ4v) is 3.01. The Labute approximate surface area is 122 Å². The average Bonchev–Trinajstić information content (AvgIpc) is 2.93. The van der Waals surface area contributed by atoms with E-state index in [0.29, 0.717) is 5.95 Å². The summed E-state index contributed by atoms with van der Waals surface area (Å²) in [5.41, 5.74) is 11.0. The van der Waals surface area contributed by atoms with E-state index >= 15 is 0 Å². The molecule has 4 nitrogen and oxygen atoms in total. The zero-order chi connectivity index (χ0) is 12.5. The third kappa shape index (κ3) is 2.22. The van der Waals surface area contributed by atoms with E-state index in [1.165, 1.54) is 3.57 Å². The van der Waals surface area contributed by atoms with E-state index in [2.05, 4.69) is 50.1 Å². The second-order valence-electron chi connectivity index (χ2n) is 3.98. The Hall–Kier alpha value is -1.15. The Morgan fingerprint density at radius 1 is 1.39 bits per heavy atom. The molecule has 0 saturated carbocycles. The van der Waals surface area contributed by atoms with E-state index in [0.717, 1.165) is 29.7 Å². The first-order valence-electron chi connectivity index (χ1n) is 5.52. The Morgan fingerprint density at radius 2 is 2.28 bits per heavy atom. The number of aryl methyl sites for hydroxylation is 2. The van der Waals surface area contributed by atoms with Crippen molar-refractivity contribution in [2.24, 2.45) is 0 Å². The van der Waals surface area contributed by atoms with E-state index in [1.807, 2.05) is 16.1 Å². The molecule has 0 radical (unpaired) electrons. The fourth-order valence-electron chi connectivity index (χ4n) is 1.94. The van der Waals surface area contributed by atoms with Gasteiger partial charge in [-0.15, -0.1) is 11.3 Å². The van der Waals surface area contributed by atoms with Crippen LogP contribution in [0.2, 0.25) is 0 Å². The number of fused-ring (bicyclic) bond motifs is 1. The number of thiazole rings is 1. The maximum absolute atomic E-state index is 5.97. The van der Waals surface area contributed by atoms with E-state index in [-0.39, 0.29) is 0 Å². The van der Waals surface area contributed by atoms with Crippen LogP contribution in [-0.4, -0.2) is 14.5 Å². The largest absolute Gasteiger partial charge is 0.369 e. The van der Waals surface area contributed by atoms with Crippen LogP contribution in [0.3, 0.4) is 0 Å². The smallest absolute Gasteiger partial charge is 0.201 e. The van der Waals surface area contributed by atoms with Crippen LogP contribution in [0.4, 0.5) is 5.95 Å². The minimum atomic E-state index is 0.572. The summed E-state index contributed by atoms with van der Waals surface area (Å²) < 4.78 is 3.22. The highest BCUT2D eigenvalue weighted by Crippen LogP contribution is 2.20. The van der Waals surface area contributed by atoms with Gasteiger partial charge in [0.05, 0.1) is 22.2 Å². The van der Waals surface area contributed by atoms with Gasteiger partial charge in [-0.05, 0) is 40.8 Å². The number of hydrogen-bond donors (Lipinski definition) is 1. The van der Waals surface area contributed by atoms with Crippen LogP contribution in [0.25, 0.3) is 11.0 Å². The van der Waals surface area contributed by atoms with Crippen molar-refractivity contribution in [2.75, 3.05) is 5.73 Å². The van der Waals surface area contributed by atoms with Crippen molar-refractivity contribution in [2.45, 2.75) is 13.0 Å². The molecule has 6 heteroatoms. The molecule has 0 fully saturated rings. The van der Waals surface area contributed by atoms with Gasteiger partial charge < -0.3 is 10.3 Å². The summed E-state index contributed by atoms with van der Waals surface area (Å²) >= 11 is 3.90. The monoisotopic (exact) mass is 370 g/mol. The van der Waals surface area contributed by atoms with Gasteiger partial charge in [-0.3, -0.25) is 0 Å². The second-order valence-corrected chi connectivity index (χ2v) is 5.95. The number of rotatable bonds is 3. The van der Waals surface area contributed by atoms with E-state index in [1.54, 1.807) is 11.3 Å². The number of halogens is 1. The molecule has 0 unspecified atom stereocenters. The third-order valence-electron chi connectivity index (χ3n) is 2.81. The van der Waals surface area contributed by atoms with Crippen molar-refractivity contribution in [1.82, 2.24) is 14.5 Å². The first kappa shape index (κ1) is 11.9. The molecule has 18 heavy (non-hydrogen) atoms. The summed E-state index contributed by atoms with van der Waals surface area (Å²) in [5.74, 6) is 0.572. The highest BCUT2D eigenvalue weighted by molar-refractivity contribution is 14.1. The normalized spacial score (nSPS) is 11.2. The molecule has 0 aliphatic heterocycles. The minimum absolute atomic E-state index is 0.572. The molecule has 2 N–H and O–H groups in total. The fraction of sp³-hybridized carbons (Fsp3) is 0.167. The Bertz CT molecular complexity index is 675. The SMILES string of the molecule is Nc1nc2cc(I)ccc2n1CCc1cscn1. The first-order chi connectivity index (χ1) is 8.74. The molecule has 0 atom stereocenters. The maximum Gasteiger partial charge on any atom is 0.201 e. The van der Waals surface area contributed by atoms with Gasteiger partial charge >= 0.3 is 0 Å². The number of aromatic nitrogens is 3. The van der Waals surface area contributed by atoms with Gasteiger partial charge in [-0.2, -0.15) is 0 Å². The van der Waals surface area contributed by atoms with Crippen molar-refractivity contribution in [3.8, 4) is 0 Å². The highest BCUT2D eigenvalue weighted by atomic mass is 127. The van der Waals surface area contributed by atoms with Crippen molar-refractivity contribution in [3.63, 3.8) is 0 Å². The molecule has 2 aromatic heterocycles. The van der Waals surface area contributed by atoms with Gasteiger partial charge in [0.1, 0.15) is 0 Å². The Morgan fingerprint density at radius 3 is 3.06 bits per heavy atom. The Kier molecular flexibility index (Phi) is 3.21. The van der Waals surface area contributed by atoms with Crippen LogP contribution >= 0.6 is 33.9 Å². The van der Waals surface area contributed by atoms with E-state index < -0.39 is 0 Å². The van der Waals surface area contributed by atoms with Gasteiger partial charge in [-0.1, -0.05) is 0 Å². The first-order valence-corrected chi connectivity index (χ1v) is 7.54. The lowest BCUT2D eigenvalue weighted by molar-refractivity contribution is 0.716. The van der Waals surface area contributed by atoms with E-state index in [9.17, 15) is 0 Å². The van der Waals surface area contributed by atoms with Gasteiger partial charge in [-0.25, -0.2) is 9.97 Å². The van der Waals surface area contributed by atoms with Crippen LogP contribution in [0.5, 0.6) is 0 Å². The number of hydrogen-bond acceptors (Lipinski definition) is 4. The molecule has 0 amide bonds. The number of nitrogens with two attached hydrogens (primary N) is 1. The highest BCUT2D eigenvalue weighted by Gasteiger charge is 2.08. The number of anilines is 1. The molecule has 0 spiro atoms. The van der Waals surface area contributed by atoms with Crippen LogP contribution in [0.1, 0.15) is 5.69 Å². The molecule has 3 aromatic rings. The van der Waals surface area contributed by atoms with Crippen LogP contribution in [0.15, 0.2) is 29.1 Å². The van der Waals surface area contributed by atoms with E-state index in [4.69, 9.17) is 5.73 Å². The molecule has 0 bridgehead atoms. The minimum Gasteiger partial charge on any atom is -0.369 e.